The van der Waals surface area contributed by atoms with Crippen molar-refractivity contribution in [1.82, 2.24) is 9.88 Å². The number of alkyl carbamates (subject to hydrolysis) is 1. The topological polar surface area (TPSA) is 105 Å². The fraction of sp³-hybridized carbons (Fsp3) is 0.400. The molecular weight excluding hydrogens is 605 g/mol. The molecule has 8 nitrogen and oxygen atoms in total. The molecule has 1 fully saturated rings. The van der Waals surface area contributed by atoms with Crippen LogP contribution in [0, 0.1) is 0 Å². The zero-order chi connectivity index (χ0) is 31.1. The predicted molar refractivity (Wildman–Crippen MR) is 158 cm³/mol. The van der Waals surface area contributed by atoms with Gasteiger partial charge < -0.3 is 15.2 Å². The number of carbonyl (C=O) groups is 1. The number of aromatic nitrogens is 1. The number of thiazole rings is 1. The number of alkyl halides is 3. The van der Waals surface area contributed by atoms with E-state index in [1.807, 2.05) is 0 Å². The van der Waals surface area contributed by atoms with E-state index >= 15 is 0 Å². The van der Waals surface area contributed by atoms with E-state index in [1.165, 1.54) is 22.9 Å². The lowest BCUT2D eigenvalue weighted by Gasteiger charge is -2.31. The van der Waals surface area contributed by atoms with Crippen LogP contribution < -0.4 is 20.8 Å². The van der Waals surface area contributed by atoms with Gasteiger partial charge in [0.1, 0.15) is 5.60 Å². The molecule has 1 aliphatic carbocycles. The molecular formula is C30H30ClF3N4O4S. The molecule has 2 unspecified atom stereocenters. The molecule has 0 spiro atoms. The first-order chi connectivity index (χ1) is 20.2. The number of amides is 1. The molecule has 1 aromatic heterocycles. The Hall–Kier alpha value is -3.64. The maximum absolute atomic E-state index is 14.0. The lowest BCUT2D eigenvalue weighted by Crippen LogP contribution is -2.42. The van der Waals surface area contributed by atoms with Gasteiger partial charge in [0.2, 0.25) is 5.88 Å². The van der Waals surface area contributed by atoms with Crippen LogP contribution in [-0.2, 0) is 17.3 Å². The van der Waals surface area contributed by atoms with Crippen molar-refractivity contribution in [1.29, 1.82) is 0 Å². The Kier molecular flexibility index (Phi) is 8.45. The summed E-state index contributed by atoms with van der Waals surface area (Å²) in [6.07, 6.45) is -1.61. The van der Waals surface area contributed by atoms with Gasteiger partial charge in [0.05, 0.1) is 22.0 Å². The summed E-state index contributed by atoms with van der Waals surface area (Å²) in [6.45, 7) is 5.29. The standard InChI is InChI=1S/C30H30ClF3N4O4S/c1-29(2,3)42-27(40)36-20-5-4-6-21(14-20)38-26(39)25(43-28(38)41)22(16-8-10-24-18(11-16)15-35-37-24)12-17-7-9-19(31)13-23(17)30(32,33)34/h7-11,13,15,20-21,39H,4-6,12,14H2,1-3H3,(H,36,40). The molecule has 2 aliphatic rings. The van der Waals surface area contributed by atoms with Gasteiger partial charge in [0.15, 0.2) is 0 Å². The Bertz CT molecular complexity index is 1780. The molecule has 3 aromatic rings. The summed E-state index contributed by atoms with van der Waals surface area (Å²) >= 11 is 6.69. The molecule has 13 heteroatoms. The molecule has 2 N–H and O–H groups in total. The smallest absolute Gasteiger partial charge is 0.416 e. The van der Waals surface area contributed by atoms with Crippen molar-refractivity contribution in [3.63, 3.8) is 0 Å². The number of ether oxygens (including phenoxy) is 1. The summed E-state index contributed by atoms with van der Waals surface area (Å²) in [4.78, 5) is 25.5. The summed E-state index contributed by atoms with van der Waals surface area (Å²) in [5.74, 6) is -0.325. The van der Waals surface area contributed by atoms with Crippen LogP contribution in [0.1, 0.15) is 74.1 Å². The van der Waals surface area contributed by atoms with Crippen molar-refractivity contribution < 1.29 is 27.8 Å². The second-order valence-electron chi connectivity index (χ2n) is 11.6. The molecule has 228 valence electrons. The minimum Gasteiger partial charge on any atom is -0.493 e. The Morgan fingerprint density at radius 3 is 2.67 bits per heavy atom. The van der Waals surface area contributed by atoms with Gasteiger partial charge in [0, 0.05) is 29.1 Å². The molecule has 5 rings (SSSR count). The van der Waals surface area contributed by atoms with Gasteiger partial charge in [-0.15, -0.1) is 0 Å². The summed E-state index contributed by atoms with van der Waals surface area (Å²) in [7, 11) is 0. The second kappa shape index (κ2) is 11.8. The Labute approximate surface area is 254 Å². The predicted octanol–water partition coefficient (Wildman–Crippen LogP) is 5.70. The Morgan fingerprint density at radius 1 is 1.19 bits per heavy atom. The first kappa shape index (κ1) is 30.8. The Balaban J connectivity index is 1.56. The minimum absolute atomic E-state index is 0.0570. The number of nitrogens with one attached hydrogen (secondary N) is 1. The zero-order valence-electron chi connectivity index (χ0n) is 23.7. The van der Waals surface area contributed by atoms with Crippen LogP contribution in [0.4, 0.5) is 18.0 Å². The molecule has 1 saturated carbocycles. The van der Waals surface area contributed by atoms with Gasteiger partial charge in [-0.25, -0.2) is 4.79 Å². The lowest BCUT2D eigenvalue weighted by molar-refractivity contribution is -0.138. The largest absolute Gasteiger partial charge is 0.493 e. The molecule has 0 radical (unpaired) electrons. The van der Waals surface area contributed by atoms with Crippen molar-refractivity contribution in [3.8, 4) is 5.88 Å². The van der Waals surface area contributed by atoms with Gasteiger partial charge in [-0.1, -0.05) is 35.1 Å². The van der Waals surface area contributed by atoms with Crippen LogP contribution in [0.3, 0.4) is 0 Å². The molecule has 0 bridgehead atoms. The van der Waals surface area contributed by atoms with Crippen LogP contribution >= 0.6 is 22.9 Å². The van der Waals surface area contributed by atoms with Gasteiger partial charge in [-0.3, -0.25) is 9.36 Å². The number of halogens is 4. The van der Waals surface area contributed by atoms with Crippen LogP contribution in [0.15, 0.2) is 51.4 Å². The highest BCUT2D eigenvalue weighted by atomic mass is 35.5. The molecule has 1 aliphatic heterocycles. The fourth-order valence-electron chi connectivity index (χ4n) is 5.46. The van der Waals surface area contributed by atoms with Gasteiger partial charge in [-0.2, -0.15) is 23.4 Å². The highest BCUT2D eigenvalue weighted by Gasteiger charge is 2.35. The van der Waals surface area contributed by atoms with E-state index in [1.54, 1.807) is 39.0 Å². The normalized spacial score (nSPS) is 19.0. The first-order valence-electron chi connectivity index (χ1n) is 13.7. The van der Waals surface area contributed by atoms with E-state index in [2.05, 4.69) is 15.5 Å². The molecule has 1 amide bonds. The second-order valence-corrected chi connectivity index (χ2v) is 13.0. The van der Waals surface area contributed by atoms with Crippen LogP contribution in [0.25, 0.3) is 5.57 Å². The SMILES string of the molecule is CC(C)(C)OC(=O)NC1CCCC(n2c(O)c(C(Cc3ccc(Cl)cc3C(F)(F)F)=c3ccc4c(c3)C=NN=4)sc2=O)C1. The third kappa shape index (κ3) is 6.96. The molecule has 0 saturated heterocycles. The molecule has 2 aromatic carbocycles. The van der Waals surface area contributed by atoms with E-state index in [0.29, 0.717) is 47.4 Å². The summed E-state index contributed by atoms with van der Waals surface area (Å²) in [5.41, 5.74) is -0.623. The van der Waals surface area contributed by atoms with Gasteiger partial charge >= 0.3 is 17.1 Å². The maximum Gasteiger partial charge on any atom is 0.416 e. The van der Waals surface area contributed by atoms with Crippen molar-refractivity contribution in [2.45, 2.75) is 76.7 Å². The highest BCUT2D eigenvalue weighted by molar-refractivity contribution is 7.10. The van der Waals surface area contributed by atoms with E-state index in [-0.39, 0.29) is 33.8 Å². The number of fused-ring (bicyclic) bond motifs is 1. The molecule has 2 heterocycles. The first-order valence-corrected chi connectivity index (χ1v) is 14.9. The number of hydrogen-bond acceptors (Lipinski definition) is 7. The monoisotopic (exact) mass is 634 g/mol. The quantitative estimate of drug-likeness (QED) is 0.375. The number of benzene rings is 2. The third-order valence-electron chi connectivity index (χ3n) is 7.31. The third-order valence-corrected chi connectivity index (χ3v) is 8.55. The van der Waals surface area contributed by atoms with Crippen molar-refractivity contribution in [2.24, 2.45) is 10.2 Å². The average Bonchev–Trinajstić information content (AvgIpc) is 3.49. The number of rotatable bonds is 5. The van der Waals surface area contributed by atoms with E-state index in [4.69, 9.17) is 16.3 Å². The highest BCUT2D eigenvalue weighted by Crippen LogP contribution is 2.39. The number of carbonyl (C=O) groups excluding carboxylic acids is 1. The van der Waals surface area contributed by atoms with E-state index in [0.717, 1.165) is 17.4 Å². The van der Waals surface area contributed by atoms with Crippen LogP contribution in [0.5, 0.6) is 5.88 Å². The number of nitrogens with zero attached hydrogens (tertiary/aromatic N) is 3. The van der Waals surface area contributed by atoms with E-state index in [9.17, 15) is 27.9 Å². The van der Waals surface area contributed by atoms with Crippen molar-refractivity contribution >= 4 is 40.8 Å². The van der Waals surface area contributed by atoms with Crippen molar-refractivity contribution in [2.75, 3.05) is 0 Å². The maximum atomic E-state index is 14.0. The van der Waals surface area contributed by atoms with Crippen LogP contribution in [-0.4, -0.2) is 33.6 Å². The minimum atomic E-state index is -4.67. The average molecular weight is 635 g/mol. The molecule has 2 atom stereocenters. The Morgan fingerprint density at radius 2 is 1.95 bits per heavy atom. The molecule has 43 heavy (non-hydrogen) atoms. The van der Waals surface area contributed by atoms with Crippen molar-refractivity contribution in [3.05, 3.63) is 83.2 Å². The summed E-state index contributed by atoms with van der Waals surface area (Å²) in [5, 5.41) is 23.3. The van der Waals surface area contributed by atoms with Crippen LogP contribution in [0.2, 0.25) is 5.02 Å². The summed E-state index contributed by atoms with van der Waals surface area (Å²) < 4.78 is 48.8. The lowest BCUT2D eigenvalue weighted by atomic mass is 9.90. The zero-order valence-corrected chi connectivity index (χ0v) is 25.2. The van der Waals surface area contributed by atoms with Gasteiger partial charge in [-0.05, 0) is 87.1 Å². The number of hydrogen-bond donors (Lipinski definition) is 2. The number of aromatic hydroxyl groups is 1. The van der Waals surface area contributed by atoms with Gasteiger partial charge in [0.25, 0.3) is 0 Å². The fourth-order valence-corrected chi connectivity index (χ4v) is 6.64. The summed E-state index contributed by atoms with van der Waals surface area (Å²) in [6, 6.07) is 7.94. The van der Waals surface area contributed by atoms with E-state index < -0.39 is 34.3 Å².